The van der Waals surface area contributed by atoms with E-state index in [0.29, 0.717) is 11.3 Å². The lowest BCUT2D eigenvalue weighted by Crippen LogP contribution is -2.29. The van der Waals surface area contributed by atoms with Crippen molar-refractivity contribution >= 4 is 11.9 Å². The molecular weight excluding hydrogens is 324 g/mol. The first-order chi connectivity index (χ1) is 12.0. The zero-order valence-corrected chi connectivity index (χ0v) is 13.4. The minimum absolute atomic E-state index is 0.158. The highest BCUT2D eigenvalue weighted by Crippen LogP contribution is 2.15. The molecule has 0 radical (unpaired) electrons. The number of nitrogens with zero attached hydrogens (tertiary/aromatic N) is 1. The minimum atomic E-state index is -1.19. The number of aromatic nitrogens is 1. The zero-order valence-electron chi connectivity index (χ0n) is 13.4. The SMILES string of the molecule is Cc1cccc(OCC#Cc2cnc(C(=O)NCC(=O)O)c(O)c2)c1. The van der Waals surface area contributed by atoms with Gasteiger partial charge in [0.05, 0.1) is 0 Å². The Morgan fingerprint density at radius 2 is 2.12 bits per heavy atom. The molecule has 25 heavy (non-hydrogen) atoms. The molecule has 0 saturated carbocycles. The molecule has 0 spiro atoms. The molecule has 0 aliphatic rings. The van der Waals surface area contributed by atoms with E-state index in [4.69, 9.17) is 9.84 Å². The minimum Gasteiger partial charge on any atom is -0.505 e. The zero-order chi connectivity index (χ0) is 18.2. The van der Waals surface area contributed by atoms with Gasteiger partial charge in [0.25, 0.3) is 5.91 Å². The number of aromatic hydroxyl groups is 1. The van der Waals surface area contributed by atoms with Gasteiger partial charge in [-0.2, -0.15) is 0 Å². The van der Waals surface area contributed by atoms with Gasteiger partial charge in [-0.25, -0.2) is 4.98 Å². The number of hydrogen-bond acceptors (Lipinski definition) is 5. The highest BCUT2D eigenvalue weighted by atomic mass is 16.5. The summed E-state index contributed by atoms with van der Waals surface area (Å²) in [7, 11) is 0. The van der Waals surface area contributed by atoms with Crippen molar-refractivity contribution < 1.29 is 24.5 Å². The second-order valence-corrected chi connectivity index (χ2v) is 5.08. The van der Waals surface area contributed by atoms with Gasteiger partial charge in [-0.05, 0) is 30.7 Å². The molecule has 3 N–H and O–H groups in total. The van der Waals surface area contributed by atoms with Crippen LogP contribution in [0.3, 0.4) is 0 Å². The molecule has 1 heterocycles. The van der Waals surface area contributed by atoms with E-state index in [2.05, 4.69) is 22.1 Å². The maximum Gasteiger partial charge on any atom is 0.322 e. The highest BCUT2D eigenvalue weighted by molar-refractivity contribution is 5.96. The number of aliphatic carboxylic acids is 1. The fraction of sp³-hybridized carbons (Fsp3) is 0.167. The second kappa shape index (κ2) is 8.36. The summed E-state index contributed by atoms with van der Waals surface area (Å²) >= 11 is 0. The van der Waals surface area contributed by atoms with Crippen LogP contribution in [-0.4, -0.2) is 40.2 Å². The highest BCUT2D eigenvalue weighted by Gasteiger charge is 2.13. The van der Waals surface area contributed by atoms with Gasteiger partial charge in [0.2, 0.25) is 0 Å². The summed E-state index contributed by atoms with van der Waals surface area (Å²) in [4.78, 5) is 25.9. The first kappa shape index (κ1) is 17.8. The quantitative estimate of drug-likeness (QED) is 0.709. The molecule has 0 aliphatic carbocycles. The van der Waals surface area contributed by atoms with Crippen molar-refractivity contribution in [2.45, 2.75) is 6.92 Å². The number of nitrogens with one attached hydrogen (secondary N) is 1. The van der Waals surface area contributed by atoms with Crippen molar-refractivity contribution in [2.75, 3.05) is 13.2 Å². The normalized spacial score (nSPS) is 9.64. The molecule has 2 aromatic rings. The molecule has 0 atom stereocenters. The van der Waals surface area contributed by atoms with Crippen LogP contribution in [0.25, 0.3) is 0 Å². The number of carboxylic acids is 1. The molecular formula is C18H16N2O5. The summed E-state index contributed by atoms with van der Waals surface area (Å²) in [6, 6.07) is 8.84. The van der Waals surface area contributed by atoms with Crippen LogP contribution in [0, 0.1) is 18.8 Å². The number of ether oxygens (including phenoxy) is 1. The summed E-state index contributed by atoms with van der Waals surface area (Å²) in [5.74, 6) is 3.91. The molecule has 7 nitrogen and oxygen atoms in total. The van der Waals surface area contributed by atoms with Crippen molar-refractivity contribution in [3.8, 4) is 23.3 Å². The third-order valence-corrected chi connectivity index (χ3v) is 3.02. The largest absolute Gasteiger partial charge is 0.505 e. The number of benzene rings is 1. The van der Waals surface area contributed by atoms with Crippen LogP contribution >= 0.6 is 0 Å². The van der Waals surface area contributed by atoms with Crippen LogP contribution in [0.4, 0.5) is 0 Å². The predicted octanol–water partition coefficient (Wildman–Crippen LogP) is 1.34. The van der Waals surface area contributed by atoms with Gasteiger partial charge in [0.15, 0.2) is 5.69 Å². The molecule has 7 heteroatoms. The molecule has 1 amide bonds. The van der Waals surface area contributed by atoms with Crippen molar-refractivity contribution in [3.63, 3.8) is 0 Å². The molecule has 1 aromatic carbocycles. The number of rotatable bonds is 5. The number of aryl methyl sites for hydroxylation is 1. The fourth-order valence-corrected chi connectivity index (χ4v) is 1.90. The maximum atomic E-state index is 11.7. The van der Waals surface area contributed by atoms with Gasteiger partial charge in [-0.3, -0.25) is 9.59 Å². The van der Waals surface area contributed by atoms with E-state index in [1.54, 1.807) is 0 Å². The van der Waals surface area contributed by atoms with Gasteiger partial charge < -0.3 is 20.3 Å². The summed E-state index contributed by atoms with van der Waals surface area (Å²) in [5.41, 5.74) is 1.22. The van der Waals surface area contributed by atoms with Crippen molar-refractivity contribution in [3.05, 3.63) is 53.3 Å². The summed E-state index contributed by atoms with van der Waals surface area (Å²) in [5, 5.41) is 20.5. The van der Waals surface area contributed by atoms with E-state index in [1.807, 2.05) is 31.2 Å². The maximum absolute atomic E-state index is 11.7. The first-order valence-corrected chi connectivity index (χ1v) is 7.33. The molecule has 0 unspecified atom stereocenters. The smallest absolute Gasteiger partial charge is 0.322 e. The Morgan fingerprint density at radius 1 is 1.32 bits per heavy atom. The van der Waals surface area contributed by atoms with Crippen LogP contribution in [0.5, 0.6) is 11.5 Å². The Labute approximate surface area is 144 Å². The number of carboxylic acid groups (broad SMARTS) is 1. The summed E-state index contributed by atoms with van der Waals surface area (Å²) in [6.07, 6.45) is 1.31. The molecule has 0 bridgehead atoms. The van der Waals surface area contributed by atoms with Crippen LogP contribution in [0.2, 0.25) is 0 Å². The van der Waals surface area contributed by atoms with Crippen molar-refractivity contribution in [1.82, 2.24) is 10.3 Å². The topological polar surface area (TPSA) is 109 Å². The van der Waals surface area contributed by atoms with E-state index in [9.17, 15) is 14.7 Å². The lowest BCUT2D eigenvalue weighted by atomic mass is 10.2. The lowest BCUT2D eigenvalue weighted by molar-refractivity contribution is -0.135. The molecule has 0 saturated heterocycles. The number of amides is 1. The molecule has 1 aromatic heterocycles. The summed E-state index contributed by atoms with van der Waals surface area (Å²) < 4.78 is 5.48. The predicted molar refractivity (Wildman–Crippen MR) is 89.4 cm³/mol. The standard InChI is InChI=1S/C18H16N2O5/c1-12-4-2-6-14(8-12)25-7-3-5-13-9-15(21)17(19-10-13)18(24)20-11-16(22)23/h2,4,6,8-10,21H,7,11H2,1H3,(H,20,24)(H,22,23). The molecule has 128 valence electrons. The van der Waals surface area contributed by atoms with E-state index < -0.39 is 18.4 Å². The Kier molecular flexibility index (Phi) is 5.96. The van der Waals surface area contributed by atoms with Gasteiger partial charge in [-0.15, -0.1) is 0 Å². The molecule has 0 aliphatic heterocycles. The monoisotopic (exact) mass is 340 g/mol. The van der Waals surface area contributed by atoms with Crippen molar-refractivity contribution in [2.24, 2.45) is 0 Å². The summed E-state index contributed by atoms with van der Waals surface area (Å²) in [6.45, 7) is 1.56. The Morgan fingerprint density at radius 3 is 2.80 bits per heavy atom. The van der Waals surface area contributed by atoms with Gasteiger partial charge >= 0.3 is 5.97 Å². The molecule has 2 rings (SSSR count). The Balaban J connectivity index is 1.96. The number of carbonyl (C=O) groups is 2. The van der Waals surface area contributed by atoms with Gasteiger partial charge in [-0.1, -0.05) is 24.0 Å². The van der Waals surface area contributed by atoms with E-state index >= 15 is 0 Å². The lowest BCUT2D eigenvalue weighted by Gasteiger charge is -2.04. The van der Waals surface area contributed by atoms with E-state index in [-0.39, 0.29) is 18.1 Å². The average Bonchev–Trinajstić information content (AvgIpc) is 2.57. The third kappa shape index (κ3) is 5.55. The number of carbonyl (C=O) groups excluding carboxylic acids is 1. The Hall–Kier alpha value is -3.53. The second-order valence-electron chi connectivity index (χ2n) is 5.08. The number of hydrogen-bond donors (Lipinski definition) is 3. The fourth-order valence-electron chi connectivity index (χ4n) is 1.90. The Bertz CT molecular complexity index is 852. The van der Waals surface area contributed by atoms with Crippen molar-refractivity contribution in [1.29, 1.82) is 0 Å². The van der Waals surface area contributed by atoms with E-state index in [1.165, 1.54) is 12.3 Å². The number of pyridine rings is 1. The van der Waals surface area contributed by atoms with Crippen LogP contribution in [-0.2, 0) is 4.79 Å². The van der Waals surface area contributed by atoms with Gasteiger partial charge in [0.1, 0.15) is 24.7 Å². The van der Waals surface area contributed by atoms with Crippen LogP contribution in [0.1, 0.15) is 21.6 Å². The third-order valence-electron chi connectivity index (χ3n) is 3.02. The average molecular weight is 340 g/mol. The van der Waals surface area contributed by atoms with Crippen LogP contribution < -0.4 is 10.1 Å². The first-order valence-electron chi connectivity index (χ1n) is 7.33. The van der Waals surface area contributed by atoms with Crippen LogP contribution in [0.15, 0.2) is 36.5 Å². The van der Waals surface area contributed by atoms with Gasteiger partial charge in [0, 0.05) is 11.8 Å². The molecule has 0 fully saturated rings. The van der Waals surface area contributed by atoms with E-state index in [0.717, 1.165) is 5.56 Å².